The lowest BCUT2D eigenvalue weighted by molar-refractivity contribution is 0.0487. The van der Waals surface area contributed by atoms with Gasteiger partial charge in [0.15, 0.2) is 0 Å². The Labute approximate surface area is 178 Å². The van der Waals surface area contributed by atoms with Crippen LogP contribution in [0, 0.1) is 0 Å². The minimum atomic E-state index is -3.55. The topological polar surface area (TPSA) is 75.7 Å². The van der Waals surface area contributed by atoms with Crippen LogP contribution in [0.5, 0.6) is 0 Å². The van der Waals surface area contributed by atoms with Gasteiger partial charge in [-0.1, -0.05) is 36.4 Å². The summed E-state index contributed by atoms with van der Waals surface area (Å²) in [5.74, 6) is -0.254. The summed E-state index contributed by atoms with van der Waals surface area (Å²) in [6.45, 7) is 2.89. The molecule has 1 N–H and O–H groups in total. The number of carbonyl (C=O) groups excluding carboxylic acids is 1. The van der Waals surface area contributed by atoms with E-state index < -0.39 is 10.0 Å². The van der Waals surface area contributed by atoms with E-state index in [1.54, 1.807) is 18.2 Å². The molecule has 2 heterocycles. The zero-order valence-corrected chi connectivity index (χ0v) is 17.9. The molecular weight excluding hydrogens is 400 g/mol. The van der Waals surface area contributed by atoms with Gasteiger partial charge in [0.2, 0.25) is 10.0 Å². The summed E-state index contributed by atoms with van der Waals surface area (Å²) >= 11 is 0. The number of benzene rings is 2. The average molecular weight is 429 g/mol. The maximum atomic E-state index is 12.9. The van der Waals surface area contributed by atoms with Gasteiger partial charge in [-0.3, -0.25) is 4.79 Å². The highest BCUT2D eigenvalue weighted by Crippen LogP contribution is 2.34. The number of nitrogens with zero attached hydrogens (tertiary/aromatic N) is 1. The van der Waals surface area contributed by atoms with E-state index in [-0.39, 0.29) is 16.2 Å². The summed E-state index contributed by atoms with van der Waals surface area (Å²) < 4.78 is 32.7. The van der Waals surface area contributed by atoms with Gasteiger partial charge < -0.3 is 10.1 Å². The van der Waals surface area contributed by atoms with Crippen LogP contribution in [0.1, 0.15) is 41.6 Å². The van der Waals surface area contributed by atoms with Crippen molar-refractivity contribution >= 4 is 15.9 Å². The van der Waals surface area contributed by atoms with Gasteiger partial charge in [-0.15, -0.1) is 0 Å². The van der Waals surface area contributed by atoms with Crippen LogP contribution in [-0.4, -0.2) is 51.5 Å². The van der Waals surface area contributed by atoms with Crippen LogP contribution in [0.4, 0.5) is 0 Å². The zero-order chi connectivity index (χ0) is 21.0. The van der Waals surface area contributed by atoms with Crippen molar-refractivity contribution in [2.45, 2.75) is 36.0 Å². The van der Waals surface area contributed by atoms with Crippen LogP contribution >= 0.6 is 0 Å². The Balaban J connectivity index is 1.51. The van der Waals surface area contributed by atoms with Crippen molar-refractivity contribution < 1.29 is 17.9 Å². The normalized spacial score (nSPS) is 19.5. The average Bonchev–Trinajstić information content (AvgIpc) is 3.35. The van der Waals surface area contributed by atoms with Crippen molar-refractivity contribution in [3.63, 3.8) is 0 Å². The largest absolute Gasteiger partial charge is 0.381 e. The fraction of sp³-hybridized carbons (Fsp3) is 0.435. The van der Waals surface area contributed by atoms with Crippen LogP contribution < -0.4 is 5.32 Å². The van der Waals surface area contributed by atoms with Crippen molar-refractivity contribution in [3.05, 3.63) is 65.7 Å². The van der Waals surface area contributed by atoms with Crippen molar-refractivity contribution in [2.75, 3.05) is 32.8 Å². The molecule has 0 radical (unpaired) electrons. The number of nitrogens with one attached hydrogen (secondary N) is 1. The SMILES string of the molecule is O=C(NCC1(c2ccccc2)CCOCC1)c1cccc(S(=O)(=O)N2CCCC2)c1. The quantitative estimate of drug-likeness (QED) is 0.768. The second kappa shape index (κ2) is 8.88. The Hall–Kier alpha value is -2.22. The molecule has 6 nitrogen and oxygen atoms in total. The molecule has 2 fully saturated rings. The van der Waals surface area contributed by atoms with Crippen molar-refractivity contribution in [2.24, 2.45) is 0 Å². The molecule has 0 atom stereocenters. The van der Waals surface area contributed by atoms with Crippen LogP contribution in [0.3, 0.4) is 0 Å². The van der Waals surface area contributed by atoms with E-state index in [0.29, 0.717) is 38.4 Å². The third-order valence-corrected chi connectivity index (χ3v) is 8.12. The molecule has 1 amide bonds. The number of hydrogen-bond donors (Lipinski definition) is 1. The van der Waals surface area contributed by atoms with Crippen LogP contribution in [0.2, 0.25) is 0 Å². The van der Waals surface area contributed by atoms with Gasteiger partial charge in [0, 0.05) is 43.8 Å². The molecule has 0 saturated carbocycles. The number of rotatable bonds is 6. The third-order valence-electron chi connectivity index (χ3n) is 6.22. The molecule has 2 aromatic carbocycles. The summed E-state index contributed by atoms with van der Waals surface area (Å²) in [6, 6.07) is 16.6. The van der Waals surface area contributed by atoms with Crippen LogP contribution in [0.25, 0.3) is 0 Å². The molecule has 2 aliphatic rings. The standard InChI is InChI=1S/C23H28N2O4S/c26-22(19-7-6-10-21(17-19)30(27,28)25-13-4-5-14-25)24-18-23(11-15-29-16-12-23)20-8-2-1-3-9-20/h1-3,6-10,17H,4-5,11-16,18H2,(H,24,26). The van der Waals surface area contributed by atoms with Crippen LogP contribution in [0.15, 0.2) is 59.5 Å². The van der Waals surface area contributed by atoms with Crippen molar-refractivity contribution in [1.82, 2.24) is 9.62 Å². The molecule has 0 aromatic heterocycles. The summed E-state index contributed by atoms with van der Waals surface area (Å²) in [7, 11) is -3.55. The maximum absolute atomic E-state index is 12.9. The Morgan fingerprint density at radius 2 is 1.70 bits per heavy atom. The monoisotopic (exact) mass is 428 g/mol. The third kappa shape index (κ3) is 4.29. The van der Waals surface area contributed by atoms with E-state index in [1.807, 2.05) is 18.2 Å². The Morgan fingerprint density at radius 3 is 2.40 bits per heavy atom. The number of amides is 1. The number of ether oxygens (including phenoxy) is 1. The highest BCUT2D eigenvalue weighted by atomic mass is 32.2. The van der Waals surface area contributed by atoms with Gasteiger partial charge in [-0.2, -0.15) is 4.31 Å². The molecular formula is C23H28N2O4S. The fourth-order valence-electron chi connectivity index (χ4n) is 4.35. The van der Waals surface area contributed by atoms with E-state index in [9.17, 15) is 13.2 Å². The Bertz CT molecular complexity index is 979. The zero-order valence-electron chi connectivity index (χ0n) is 17.0. The number of sulfonamides is 1. The van der Waals surface area contributed by atoms with E-state index in [4.69, 9.17) is 4.74 Å². The minimum Gasteiger partial charge on any atom is -0.381 e. The molecule has 2 aromatic rings. The van der Waals surface area contributed by atoms with Crippen molar-refractivity contribution in [1.29, 1.82) is 0 Å². The lowest BCUT2D eigenvalue weighted by Gasteiger charge is -2.38. The number of hydrogen-bond acceptors (Lipinski definition) is 4. The molecule has 0 bridgehead atoms. The predicted molar refractivity (Wildman–Crippen MR) is 115 cm³/mol. The predicted octanol–water partition coefficient (Wildman–Crippen LogP) is 2.95. The molecule has 160 valence electrons. The van der Waals surface area contributed by atoms with Crippen molar-refractivity contribution in [3.8, 4) is 0 Å². The van der Waals surface area contributed by atoms with E-state index in [1.165, 1.54) is 15.9 Å². The fourth-order valence-corrected chi connectivity index (χ4v) is 5.91. The molecule has 2 aliphatic heterocycles. The van der Waals surface area contributed by atoms with Gasteiger partial charge in [0.1, 0.15) is 0 Å². The first kappa shape index (κ1) is 21.0. The van der Waals surface area contributed by atoms with Gasteiger partial charge in [-0.05, 0) is 49.4 Å². The molecule has 0 aliphatic carbocycles. The molecule has 7 heteroatoms. The smallest absolute Gasteiger partial charge is 0.251 e. The first-order valence-electron chi connectivity index (χ1n) is 10.5. The van der Waals surface area contributed by atoms with E-state index in [2.05, 4.69) is 17.4 Å². The molecule has 0 unspecified atom stereocenters. The summed E-state index contributed by atoms with van der Waals surface area (Å²) in [6.07, 6.45) is 3.43. The van der Waals surface area contributed by atoms with Gasteiger partial charge in [0.05, 0.1) is 4.90 Å². The summed E-state index contributed by atoms with van der Waals surface area (Å²) in [5.41, 5.74) is 1.39. The first-order valence-corrected chi connectivity index (χ1v) is 12.0. The number of carbonyl (C=O) groups is 1. The molecule has 4 rings (SSSR count). The second-order valence-corrected chi connectivity index (χ2v) is 10.0. The highest BCUT2D eigenvalue weighted by molar-refractivity contribution is 7.89. The Morgan fingerprint density at radius 1 is 1.00 bits per heavy atom. The lowest BCUT2D eigenvalue weighted by Crippen LogP contribution is -2.44. The molecule has 0 spiro atoms. The summed E-state index contributed by atoms with van der Waals surface area (Å²) in [5, 5.41) is 3.05. The van der Waals surface area contributed by atoms with Gasteiger partial charge >= 0.3 is 0 Å². The van der Waals surface area contributed by atoms with E-state index in [0.717, 1.165) is 25.7 Å². The molecule has 30 heavy (non-hydrogen) atoms. The second-order valence-electron chi connectivity index (χ2n) is 8.08. The lowest BCUT2D eigenvalue weighted by atomic mass is 9.74. The van der Waals surface area contributed by atoms with Gasteiger partial charge in [0.25, 0.3) is 5.91 Å². The summed E-state index contributed by atoms with van der Waals surface area (Å²) in [4.78, 5) is 13.1. The maximum Gasteiger partial charge on any atom is 0.251 e. The van der Waals surface area contributed by atoms with E-state index >= 15 is 0 Å². The molecule has 2 saturated heterocycles. The Kier molecular flexibility index (Phi) is 6.22. The van der Waals surface area contributed by atoms with Gasteiger partial charge in [-0.25, -0.2) is 8.42 Å². The highest BCUT2D eigenvalue weighted by Gasteiger charge is 2.35. The van der Waals surface area contributed by atoms with Crippen LogP contribution in [-0.2, 0) is 20.2 Å². The minimum absolute atomic E-state index is 0.172. The first-order chi connectivity index (χ1) is 14.5.